The lowest BCUT2D eigenvalue weighted by Gasteiger charge is -2.25. The highest BCUT2D eigenvalue weighted by atomic mass is 16.2. The van der Waals surface area contributed by atoms with Crippen LogP contribution in [-0.4, -0.2) is 32.1 Å². The molecule has 1 atom stereocenters. The first kappa shape index (κ1) is 15.7. The molecule has 1 aliphatic heterocycles. The smallest absolute Gasteiger partial charge is 0.227 e. The van der Waals surface area contributed by atoms with Crippen LogP contribution in [0.25, 0.3) is 0 Å². The molecule has 23 heavy (non-hydrogen) atoms. The number of amides is 1. The molecule has 5 heteroatoms. The predicted molar refractivity (Wildman–Crippen MR) is 89.0 cm³/mol. The molecule has 1 aliphatic rings. The van der Waals surface area contributed by atoms with Crippen molar-refractivity contribution < 1.29 is 4.79 Å². The molecular weight excluding hydrogens is 288 g/mol. The average molecular weight is 312 g/mol. The molecule has 2 aromatic rings. The van der Waals surface area contributed by atoms with Gasteiger partial charge in [0.1, 0.15) is 0 Å². The van der Waals surface area contributed by atoms with Gasteiger partial charge in [-0.25, -0.2) is 0 Å². The topological polar surface area (TPSA) is 51.0 Å². The van der Waals surface area contributed by atoms with Crippen LogP contribution in [0.5, 0.6) is 0 Å². The quantitative estimate of drug-likeness (QED) is 0.875. The summed E-state index contributed by atoms with van der Waals surface area (Å²) < 4.78 is 1.91. The Hall–Kier alpha value is -2.17. The van der Waals surface area contributed by atoms with Gasteiger partial charge in [0.15, 0.2) is 0 Å². The molecule has 1 fully saturated rings. The molecule has 0 N–H and O–H groups in total. The number of hydrogen-bond donors (Lipinski definition) is 0. The van der Waals surface area contributed by atoms with Crippen molar-refractivity contribution in [3.8, 4) is 0 Å². The van der Waals surface area contributed by atoms with Crippen molar-refractivity contribution in [2.24, 2.45) is 7.05 Å². The van der Waals surface area contributed by atoms with Gasteiger partial charge in [-0.15, -0.1) is 0 Å². The Labute approximate surface area is 137 Å². The van der Waals surface area contributed by atoms with Crippen LogP contribution >= 0.6 is 0 Å². The third-order valence-electron chi connectivity index (χ3n) is 4.80. The fourth-order valence-electron chi connectivity index (χ4n) is 3.52. The molecule has 0 unspecified atom stereocenters. The van der Waals surface area contributed by atoms with Crippen LogP contribution in [0.2, 0.25) is 0 Å². The zero-order valence-corrected chi connectivity index (χ0v) is 14.3. The molecule has 1 amide bonds. The van der Waals surface area contributed by atoms with Gasteiger partial charge in [-0.05, 0) is 45.2 Å². The number of nitrogens with zero attached hydrogens (tertiary/aromatic N) is 4. The number of aryl methyl sites for hydroxylation is 3. The van der Waals surface area contributed by atoms with Crippen molar-refractivity contribution in [2.75, 3.05) is 6.54 Å². The SMILES string of the molecule is Cc1ccc(CC(=O)N2CCC[C@@H]2c2c(C)nn(C)c2C)cn1. The van der Waals surface area contributed by atoms with E-state index in [2.05, 4.69) is 17.0 Å². The molecule has 3 rings (SSSR count). The summed E-state index contributed by atoms with van der Waals surface area (Å²) in [7, 11) is 1.96. The Kier molecular flexibility index (Phi) is 4.20. The number of likely N-dealkylation sites (tertiary alicyclic amines) is 1. The van der Waals surface area contributed by atoms with Crippen molar-refractivity contribution in [3.05, 3.63) is 46.5 Å². The molecule has 0 radical (unpaired) electrons. The molecule has 1 saturated heterocycles. The van der Waals surface area contributed by atoms with Crippen LogP contribution in [0.4, 0.5) is 0 Å². The van der Waals surface area contributed by atoms with Crippen LogP contribution in [-0.2, 0) is 18.3 Å². The van der Waals surface area contributed by atoms with Gasteiger partial charge < -0.3 is 4.90 Å². The van der Waals surface area contributed by atoms with E-state index < -0.39 is 0 Å². The Morgan fingerprint density at radius 3 is 2.70 bits per heavy atom. The fourth-order valence-corrected chi connectivity index (χ4v) is 3.52. The highest BCUT2D eigenvalue weighted by molar-refractivity contribution is 5.79. The summed E-state index contributed by atoms with van der Waals surface area (Å²) in [6.07, 6.45) is 4.29. The first-order valence-electron chi connectivity index (χ1n) is 8.18. The van der Waals surface area contributed by atoms with E-state index in [9.17, 15) is 4.79 Å². The van der Waals surface area contributed by atoms with Gasteiger partial charge in [-0.1, -0.05) is 6.07 Å². The van der Waals surface area contributed by atoms with Crippen molar-refractivity contribution in [3.63, 3.8) is 0 Å². The van der Waals surface area contributed by atoms with Gasteiger partial charge in [0.2, 0.25) is 5.91 Å². The summed E-state index contributed by atoms with van der Waals surface area (Å²) >= 11 is 0. The minimum atomic E-state index is 0.162. The van der Waals surface area contributed by atoms with E-state index in [1.165, 1.54) is 5.56 Å². The third-order valence-corrected chi connectivity index (χ3v) is 4.80. The average Bonchev–Trinajstić information content (AvgIpc) is 3.07. The second-order valence-electron chi connectivity index (χ2n) is 6.44. The summed E-state index contributed by atoms with van der Waals surface area (Å²) in [6.45, 7) is 6.90. The Morgan fingerprint density at radius 1 is 1.30 bits per heavy atom. The monoisotopic (exact) mass is 312 g/mol. The molecule has 0 saturated carbocycles. The molecule has 0 bridgehead atoms. The van der Waals surface area contributed by atoms with Gasteiger partial charge in [-0.3, -0.25) is 14.5 Å². The molecule has 0 aliphatic carbocycles. The molecule has 5 nitrogen and oxygen atoms in total. The van der Waals surface area contributed by atoms with E-state index in [1.807, 2.05) is 42.6 Å². The second kappa shape index (κ2) is 6.14. The minimum Gasteiger partial charge on any atom is -0.335 e. The summed E-state index contributed by atoms with van der Waals surface area (Å²) in [5, 5.41) is 4.51. The number of aromatic nitrogens is 3. The number of carbonyl (C=O) groups is 1. The maximum absolute atomic E-state index is 12.8. The largest absolute Gasteiger partial charge is 0.335 e. The van der Waals surface area contributed by atoms with Gasteiger partial charge in [0, 0.05) is 36.7 Å². The number of carbonyl (C=O) groups excluding carboxylic acids is 1. The zero-order valence-electron chi connectivity index (χ0n) is 14.3. The lowest BCUT2D eigenvalue weighted by atomic mass is 10.0. The van der Waals surface area contributed by atoms with Crippen molar-refractivity contribution in [1.82, 2.24) is 19.7 Å². The maximum Gasteiger partial charge on any atom is 0.227 e. The highest BCUT2D eigenvalue weighted by Crippen LogP contribution is 2.35. The maximum atomic E-state index is 12.8. The fraction of sp³-hybridized carbons (Fsp3) is 0.500. The Balaban J connectivity index is 1.81. The summed E-state index contributed by atoms with van der Waals surface area (Å²) in [6, 6.07) is 4.11. The number of hydrogen-bond acceptors (Lipinski definition) is 3. The van der Waals surface area contributed by atoms with Crippen LogP contribution in [0, 0.1) is 20.8 Å². The summed E-state index contributed by atoms with van der Waals surface area (Å²) in [4.78, 5) is 19.1. The third kappa shape index (κ3) is 3.00. The van der Waals surface area contributed by atoms with Crippen LogP contribution in [0.1, 0.15) is 47.1 Å². The second-order valence-corrected chi connectivity index (χ2v) is 6.44. The Bertz CT molecular complexity index is 717. The molecule has 2 aromatic heterocycles. The van der Waals surface area contributed by atoms with Gasteiger partial charge in [0.25, 0.3) is 0 Å². The minimum absolute atomic E-state index is 0.162. The molecule has 3 heterocycles. The Morgan fingerprint density at radius 2 is 2.09 bits per heavy atom. The van der Waals surface area contributed by atoms with Crippen molar-refractivity contribution in [1.29, 1.82) is 0 Å². The summed E-state index contributed by atoms with van der Waals surface area (Å²) in [5.74, 6) is 0.181. The normalized spacial score (nSPS) is 17.7. The predicted octanol–water partition coefficient (Wildman–Crippen LogP) is 2.65. The van der Waals surface area contributed by atoms with E-state index in [1.54, 1.807) is 6.20 Å². The van der Waals surface area contributed by atoms with Crippen LogP contribution in [0.3, 0.4) is 0 Å². The number of pyridine rings is 1. The van der Waals surface area contributed by atoms with E-state index in [0.717, 1.165) is 42.0 Å². The first-order chi connectivity index (χ1) is 11.0. The highest BCUT2D eigenvalue weighted by Gasteiger charge is 2.33. The lowest BCUT2D eigenvalue weighted by molar-refractivity contribution is -0.131. The standard InChI is InChI=1S/C18H24N4O/c1-12-7-8-15(11-19-12)10-17(23)22-9-5-6-16(22)18-13(2)20-21(4)14(18)3/h7-8,11,16H,5-6,9-10H2,1-4H3/t16-/m1/s1. The van der Waals surface area contributed by atoms with Gasteiger partial charge >= 0.3 is 0 Å². The summed E-state index contributed by atoms with van der Waals surface area (Å²) in [5.41, 5.74) is 5.36. The lowest BCUT2D eigenvalue weighted by Crippen LogP contribution is -2.32. The van der Waals surface area contributed by atoms with Gasteiger partial charge in [-0.2, -0.15) is 5.10 Å². The van der Waals surface area contributed by atoms with E-state index in [4.69, 9.17) is 0 Å². The van der Waals surface area contributed by atoms with Gasteiger partial charge in [0.05, 0.1) is 18.2 Å². The molecular formula is C18H24N4O. The zero-order chi connectivity index (χ0) is 16.6. The van der Waals surface area contributed by atoms with E-state index >= 15 is 0 Å². The van der Waals surface area contributed by atoms with E-state index in [0.29, 0.717) is 6.42 Å². The molecule has 0 spiro atoms. The molecule has 122 valence electrons. The van der Waals surface area contributed by atoms with Crippen LogP contribution < -0.4 is 0 Å². The van der Waals surface area contributed by atoms with Crippen molar-refractivity contribution in [2.45, 2.75) is 46.1 Å². The van der Waals surface area contributed by atoms with E-state index in [-0.39, 0.29) is 11.9 Å². The van der Waals surface area contributed by atoms with Crippen molar-refractivity contribution >= 4 is 5.91 Å². The van der Waals surface area contributed by atoms with Crippen LogP contribution in [0.15, 0.2) is 18.3 Å². The number of rotatable bonds is 3. The first-order valence-corrected chi connectivity index (χ1v) is 8.18. The molecule has 0 aromatic carbocycles.